The Morgan fingerprint density at radius 3 is 3.00 bits per heavy atom. The number of anilines is 1. The average molecular weight is 253 g/mol. The summed E-state index contributed by atoms with van der Waals surface area (Å²) in [5.41, 5.74) is 6.36. The fourth-order valence-electron chi connectivity index (χ4n) is 1.25. The van der Waals surface area contributed by atoms with E-state index in [-0.39, 0.29) is 12.5 Å². The van der Waals surface area contributed by atoms with Gasteiger partial charge in [0.1, 0.15) is 0 Å². The summed E-state index contributed by atoms with van der Waals surface area (Å²) in [7, 11) is 0. The van der Waals surface area contributed by atoms with E-state index in [9.17, 15) is 4.79 Å². The Labute approximate surface area is 101 Å². The summed E-state index contributed by atoms with van der Waals surface area (Å²) >= 11 is 5.74. The maximum absolute atomic E-state index is 11.8. The van der Waals surface area contributed by atoms with Gasteiger partial charge in [0.05, 0.1) is 12.1 Å². The summed E-state index contributed by atoms with van der Waals surface area (Å²) in [5.74, 6) is 0.0786. The van der Waals surface area contributed by atoms with Crippen LogP contribution in [-0.4, -0.2) is 26.5 Å². The lowest BCUT2D eigenvalue weighted by molar-refractivity contribution is 0.0951. The normalized spacial score (nSPS) is 10.2. The average Bonchev–Trinajstić information content (AvgIpc) is 2.78. The molecule has 17 heavy (non-hydrogen) atoms. The van der Waals surface area contributed by atoms with Gasteiger partial charge in [-0.25, -0.2) is 0 Å². The highest BCUT2D eigenvalue weighted by molar-refractivity contribution is 6.31. The number of hydrogen-bond acceptors (Lipinski definition) is 5. The van der Waals surface area contributed by atoms with Crippen LogP contribution in [0.1, 0.15) is 16.2 Å². The molecule has 0 aliphatic rings. The van der Waals surface area contributed by atoms with Crippen molar-refractivity contribution in [2.45, 2.75) is 6.54 Å². The lowest BCUT2D eigenvalue weighted by atomic mass is 10.1. The number of aromatic nitrogens is 4. The van der Waals surface area contributed by atoms with Gasteiger partial charge in [-0.1, -0.05) is 16.8 Å². The first kappa shape index (κ1) is 11.3. The molecule has 0 atom stereocenters. The molecule has 0 aliphatic carbocycles. The van der Waals surface area contributed by atoms with Crippen molar-refractivity contribution < 1.29 is 4.79 Å². The van der Waals surface area contributed by atoms with Gasteiger partial charge < -0.3 is 11.1 Å². The van der Waals surface area contributed by atoms with E-state index in [2.05, 4.69) is 25.9 Å². The number of nitrogen functional groups attached to an aromatic ring is 1. The van der Waals surface area contributed by atoms with E-state index in [1.165, 1.54) is 6.07 Å². The highest BCUT2D eigenvalue weighted by atomic mass is 35.5. The molecule has 0 aliphatic heterocycles. The van der Waals surface area contributed by atoms with Crippen LogP contribution in [0.15, 0.2) is 18.2 Å². The van der Waals surface area contributed by atoms with Gasteiger partial charge in [-0.15, -0.1) is 10.2 Å². The van der Waals surface area contributed by atoms with E-state index in [0.29, 0.717) is 22.1 Å². The van der Waals surface area contributed by atoms with Crippen LogP contribution in [0.5, 0.6) is 0 Å². The highest BCUT2D eigenvalue weighted by Gasteiger charge is 2.10. The van der Waals surface area contributed by atoms with Crippen LogP contribution < -0.4 is 11.1 Å². The summed E-state index contributed by atoms with van der Waals surface area (Å²) in [6.45, 7) is 0.178. The molecule has 1 amide bonds. The zero-order chi connectivity index (χ0) is 12.3. The first-order valence-electron chi connectivity index (χ1n) is 4.72. The molecule has 0 saturated heterocycles. The van der Waals surface area contributed by atoms with Gasteiger partial charge in [0.25, 0.3) is 5.91 Å². The summed E-state index contributed by atoms with van der Waals surface area (Å²) in [5, 5.41) is 16.2. The van der Waals surface area contributed by atoms with Crippen LogP contribution in [0.2, 0.25) is 5.02 Å². The van der Waals surface area contributed by atoms with Crippen molar-refractivity contribution in [1.29, 1.82) is 0 Å². The minimum atomic E-state index is -0.316. The molecule has 0 unspecified atom stereocenters. The fraction of sp³-hybridized carbons (Fsp3) is 0.111. The minimum absolute atomic E-state index is 0.178. The largest absolute Gasteiger partial charge is 0.398 e. The van der Waals surface area contributed by atoms with E-state index >= 15 is 0 Å². The standard InChI is InChI=1S/C9H9ClN6O/c10-5-1-2-6(7(11)3-5)9(17)12-4-8-13-15-16-14-8/h1-3H,4,11H2,(H,12,17)(H,13,14,15,16). The van der Waals surface area contributed by atoms with Crippen molar-refractivity contribution >= 4 is 23.2 Å². The van der Waals surface area contributed by atoms with Crippen LogP contribution in [-0.2, 0) is 6.54 Å². The smallest absolute Gasteiger partial charge is 0.253 e. The second-order valence-electron chi connectivity index (χ2n) is 3.24. The molecule has 7 nitrogen and oxygen atoms in total. The second kappa shape index (κ2) is 4.79. The molecule has 88 valence electrons. The Morgan fingerprint density at radius 2 is 2.35 bits per heavy atom. The van der Waals surface area contributed by atoms with Crippen LogP contribution >= 0.6 is 11.6 Å². The predicted octanol–water partition coefficient (Wildman–Crippen LogP) is 0.365. The van der Waals surface area contributed by atoms with Crippen molar-refractivity contribution in [3.63, 3.8) is 0 Å². The SMILES string of the molecule is Nc1cc(Cl)ccc1C(=O)NCc1nn[nH]n1. The number of aromatic amines is 1. The number of nitrogens with two attached hydrogens (primary N) is 1. The van der Waals surface area contributed by atoms with Crippen molar-refractivity contribution in [3.8, 4) is 0 Å². The van der Waals surface area contributed by atoms with Crippen molar-refractivity contribution in [3.05, 3.63) is 34.6 Å². The number of amides is 1. The third-order valence-electron chi connectivity index (χ3n) is 2.05. The van der Waals surface area contributed by atoms with Crippen molar-refractivity contribution in [2.75, 3.05) is 5.73 Å². The molecule has 1 aromatic carbocycles. The number of rotatable bonds is 3. The van der Waals surface area contributed by atoms with Crippen LogP contribution in [0.4, 0.5) is 5.69 Å². The first-order chi connectivity index (χ1) is 8.16. The summed E-state index contributed by atoms with van der Waals surface area (Å²) in [6, 6.07) is 4.68. The highest BCUT2D eigenvalue weighted by Crippen LogP contribution is 2.17. The van der Waals surface area contributed by atoms with Gasteiger partial charge in [-0.05, 0) is 18.2 Å². The number of hydrogen-bond donors (Lipinski definition) is 3. The minimum Gasteiger partial charge on any atom is -0.398 e. The number of H-pyrrole nitrogens is 1. The summed E-state index contributed by atoms with van der Waals surface area (Å²) < 4.78 is 0. The molecule has 2 aromatic rings. The van der Waals surface area contributed by atoms with E-state index in [1.807, 2.05) is 0 Å². The number of halogens is 1. The van der Waals surface area contributed by atoms with Crippen LogP contribution in [0.25, 0.3) is 0 Å². The van der Waals surface area contributed by atoms with Gasteiger partial charge in [-0.2, -0.15) is 5.21 Å². The first-order valence-corrected chi connectivity index (χ1v) is 5.10. The molecule has 1 aromatic heterocycles. The Morgan fingerprint density at radius 1 is 1.53 bits per heavy atom. The molecule has 2 rings (SSSR count). The molecule has 1 heterocycles. The molecule has 4 N–H and O–H groups in total. The molecule has 0 radical (unpaired) electrons. The van der Waals surface area contributed by atoms with Gasteiger partial charge in [0, 0.05) is 10.7 Å². The number of carbonyl (C=O) groups is 1. The number of carbonyl (C=O) groups excluding carboxylic acids is 1. The number of benzene rings is 1. The molecule has 0 saturated carbocycles. The molecule has 8 heteroatoms. The van der Waals surface area contributed by atoms with Crippen molar-refractivity contribution in [2.24, 2.45) is 0 Å². The fourth-order valence-corrected chi connectivity index (χ4v) is 1.43. The molecule has 0 fully saturated rings. The van der Waals surface area contributed by atoms with Gasteiger partial charge in [-0.3, -0.25) is 4.79 Å². The topological polar surface area (TPSA) is 110 Å². The van der Waals surface area contributed by atoms with E-state index in [1.54, 1.807) is 12.1 Å². The predicted molar refractivity (Wildman–Crippen MR) is 61.2 cm³/mol. The molecule has 0 bridgehead atoms. The number of tetrazole rings is 1. The third-order valence-corrected chi connectivity index (χ3v) is 2.29. The summed E-state index contributed by atoms with van der Waals surface area (Å²) in [6.07, 6.45) is 0. The Balaban J connectivity index is 2.04. The zero-order valence-corrected chi connectivity index (χ0v) is 9.40. The van der Waals surface area contributed by atoms with E-state index in [0.717, 1.165) is 0 Å². The van der Waals surface area contributed by atoms with Crippen molar-refractivity contribution in [1.82, 2.24) is 25.9 Å². The Kier molecular flexibility index (Phi) is 3.20. The molecule has 0 spiro atoms. The van der Waals surface area contributed by atoms with Crippen LogP contribution in [0, 0.1) is 0 Å². The third kappa shape index (κ3) is 2.70. The number of nitrogens with zero attached hydrogens (tertiary/aromatic N) is 3. The van der Waals surface area contributed by atoms with Gasteiger partial charge in [0.15, 0.2) is 5.82 Å². The maximum Gasteiger partial charge on any atom is 0.253 e. The lowest BCUT2D eigenvalue weighted by Crippen LogP contribution is -2.24. The Bertz CT molecular complexity index is 526. The van der Waals surface area contributed by atoms with Crippen LogP contribution in [0.3, 0.4) is 0 Å². The molecular formula is C9H9ClN6O. The quantitative estimate of drug-likeness (QED) is 0.684. The van der Waals surface area contributed by atoms with E-state index < -0.39 is 0 Å². The Hall–Kier alpha value is -2.15. The molecular weight excluding hydrogens is 244 g/mol. The monoisotopic (exact) mass is 252 g/mol. The van der Waals surface area contributed by atoms with E-state index in [4.69, 9.17) is 17.3 Å². The summed E-state index contributed by atoms with van der Waals surface area (Å²) in [4.78, 5) is 11.8. The van der Waals surface area contributed by atoms with Gasteiger partial charge in [0.2, 0.25) is 0 Å². The lowest BCUT2D eigenvalue weighted by Gasteiger charge is -2.05. The second-order valence-corrected chi connectivity index (χ2v) is 3.68. The maximum atomic E-state index is 11.8. The number of nitrogens with one attached hydrogen (secondary N) is 2. The zero-order valence-electron chi connectivity index (χ0n) is 8.64. The van der Waals surface area contributed by atoms with Gasteiger partial charge >= 0.3 is 0 Å².